The fourth-order valence-corrected chi connectivity index (χ4v) is 13.2. The maximum absolute atomic E-state index is 2.39. The summed E-state index contributed by atoms with van der Waals surface area (Å²) in [6.45, 7) is 6.54. The van der Waals surface area contributed by atoms with Crippen molar-refractivity contribution in [3.05, 3.63) is 265 Å². The minimum atomic E-state index is 1.24. The number of hydrogen-bond acceptors (Lipinski definition) is 0. The summed E-state index contributed by atoms with van der Waals surface area (Å²) in [5.41, 5.74) is 18.9. The first kappa shape index (κ1) is 46.5. The molecule has 0 saturated carbocycles. The molecule has 14 aromatic carbocycles. The Morgan fingerprint density at radius 1 is 0.177 bits per heavy atom. The third kappa shape index (κ3) is 7.62. The van der Waals surface area contributed by atoms with Gasteiger partial charge >= 0.3 is 0 Å². The number of nitrogens with zero attached hydrogens (tertiary/aromatic N) is 2. The minimum absolute atomic E-state index is 1.24. The van der Waals surface area contributed by atoms with Crippen LogP contribution >= 0.6 is 0 Å². The Bertz CT molecular complexity index is 5130. The Labute approximate surface area is 459 Å². The smallest absolute Gasteiger partial charge is 0.0494 e. The lowest BCUT2D eigenvalue weighted by atomic mass is 9.91. The normalized spacial score (nSPS) is 11.9. The zero-order valence-corrected chi connectivity index (χ0v) is 45.1. The summed E-state index contributed by atoms with van der Waals surface area (Å²) >= 11 is 0. The van der Waals surface area contributed by atoms with E-state index >= 15 is 0 Å². The minimum Gasteiger partial charge on any atom is -0.344 e. The summed E-state index contributed by atoms with van der Waals surface area (Å²) in [6.07, 6.45) is 0. The molecule has 0 unspecified atom stereocenters. The van der Waals surface area contributed by atoms with Gasteiger partial charge < -0.3 is 9.13 Å². The van der Waals surface area contributed by atoms with Crippen molar-refractivity contribution in [2.45, 2.75) is 20.8 Å². The quantitative estimate of drug-likeness (QED) is 0.156. The number of aryl methyl sites for hydroxylation is 5. The molecule has 0 aliphatic rings. The average molecular weight is 1010 g/mol. The first-order valence-corrected chi connectivity index (χ1v) is 27.6. The summed E-state index contributed by atoms with van der Waals surface area (Å²) in [7, 11) is 4.33. The Hall–Kier alpha value is -9.76. The van der Waals surface area contributed by atoms with Gasteiger partial charge in [-0.2, -0.15) is 0 Å². The van der Waals surface area contributed by atoms with E-state index in [0.29, 0.717) is 0 Å². The van der Waals surface area contributed by atoms with Crippen LogP contribution in [0.1, 0.15) is 16.7 Å². The first-order chi connectivity index (χ1) is 38.7. The second-order valence-electron chi connectivity index (χ2n) is 22.0. The van der Waals surface area contributed by atoms with Crippen LogP contribution in [0.4, 0.5) is 0 Å². The molecule has 2 heterocycles. The Morgan fingerprint density at radius 3 is 0.949 bits per heavy atom. The van der Waals surface area contributed by atoms with Gasteiger partial charge in [0.25, 0.3) is 0 Å². The van der Waals surface area contributed by atoms with E-state index in [2.05, 4.69) is 293 Å². The molecule has 0 N–H and O–H groups in total. The molecule has 0 atom stereocenters. The highest BCUT2D eigenvalue weighted by Gasteiger charge is 2.16. The summed E-state index contributed by atoms with van der Waals surface area (Å²) in [5, 5.41) is 21.0. The molecule has 0 aliphatic heterocycles. The van der Waals surface area contributed by atoms with Gasteiger partial charge in [-0.1, -0.05) is 193 Å². The van der Waals surface area contributed by atoms with Crippen molar-refractivity contribution in [2.24, 2.45) is 14.1 Å². The Morgan fingerprint density at radius 2 is 0.481 bits per heavy atom. The molecule has 79 heavy (non-hydrogen) atoms. The van der Waals surface area contributed by atoms with Crippen LogP contribution in [-0.4, -0.2) is 9.13 Å². The summed E-state index contributed by atoms with van der Waals surface area (Å²) in [5.74, 6) is 0. The van der Waals surface area contributed by atoms with Crippen LogP contribution in [0.15, 0.2) is 249 Å². The third-order valence-electron chi connectivity index (χ3n) is 17.1. The Balaban J connectivity index is 0.000000137. The van der Waals surface area contributed by atoms with Crippen LogP contribution in [0.5, 0.6) is 0 Å². The lowest BCUT2D eigenvalue weighted by Crippen LogP contribution is -1.89. The SMILES string of the molecule is Cc1cc(-c2ccc3c4ccccc4c4ccccc4c3c2)cc(-c2ccc3c4cc(C)ccc4n(C)c3c2)c1.Cc1ccc2c(c1)c1cc(-c3cccc(-c4ccc5c6ccccc6c6ccccc6c5c4)c3)ccc1n2C. The number of aromatic nitrogens is 2. The van der Waals surface area contributed by atoms with Crippen LogP contribution in [0, 0.1) is 20.8 Å². The van der Waals surface area contributed by atoms with Gasteiger partial charge in [0.1, 0.15) is 0 Å². The van der Waals surface area contributed by atoms with Gasteiger partial charge in [0.2, 0.25) is 0 Å². The number of hydrogen-bond donors (Lipinski definition) is 0. The van der Waals surface area contributed by atoms with Crippen molar-refractivity contribution in [3.63, 3.8) is 0 Å². The predicted octanol–water partition coefficient (Wildman–Crippen LogP) is 21.2. The molecule has 0 aliphatic carbocycles. The largest absolute Gasteiger partial charge is 0.344 e. The second kappa shape index (κ2) is 18.2. The molecule has 0 saturated heterocycles. The van der Waals surface area contributed by atoms with Gasteiger partial charge in [-0.25, -0.2) is 0 Å². The van der Waals surface area contributed by atoms with E-state index in [9.17, 15) is 0 Å². The highest BCUT2D eigenvalue weighted by Crippen LogP contribution is 2.41. The molecule has 2 aromatic heterocycles. The van der Waals surface area contributed by atoms with Crippen LogP contribution in [0.2, 0.25) is 0 Å². The summed E-state index contributed by atoms with van der Waals surface area (Å²) in [4.78, 5) is 0. The summed E-state index contributed by atoms with van der Waals surface area (Å²) < 4.78 is 4.62. The lowest BCUT2D eigenvalue weighted by Gasteiger charge is -2.13. The van der Waals surface area contributed by atoms with Crippen LogP contribution in [0.25, 0.3) is 153 Å². The topological polar surface area (TPSA) is 9.86 Å². The lowest BCUT2D eigenvalue weighted by molar-refractivity contribution is 1.01. The van der Waals surface area contributed by atoms with Crippen LogP contribution in [0.3, 0.4) is 0 Å². The molecule has 2 heteroatoms. The second-order valence-corrected chi connectivity index (χ2v) is 22.0. The van der Waals surface area contributed by atoms with E-state index in [0.717, 1.165) is 0 Å². The maximum Gasteiger partial charge on any atom is 0.0494 e. The van der Waals surface area contributed by atoms with Crippen molar-refractivity contribution in [1.82, 2.24) is 9.13 Å². The number of benzene rings is 14. The van der Waals surface area contributed by atoms with Gasteiger partial charge in [-0.3, -0.25) is 0 Å². The van der Waals surface area contributed by atoms with Crippen molar-refractivity contribution in [3.8, 4) is 44.5 Å². The van der Waals surface area contributed by atoms with Crippen molar-refractivity contribution in [2.75, 3.05) is 0 Å². The molecule has 2 nitrogen and oxygen atoms in total. The van der Waals surface area contributed by atoms with E-state index in [1.165, 1.54) is 169 Å². The molecule has 0 radical (unpaired) electrons. The van der Waals surface area contributed by atoms with Gasteiger partial charge in [-0.15, -0.1) is 0 Å². The van der Waals surface area contributed by atoms with Crippen molar-refractivity contribution >= 4 is 108 Å². The molecule has 16 aromatic rings. The summed E-state index contributed by atoms with van der Waals surface area (Å²) in [6, 6.07) is 92.3. The number of rotatable bonds is 4. The highest BCUT2D eigenvalue weighted by molar-refractivity contribution is 6.27. The van der Waals surface area contributed by atoms with Gasteiger partial charge in [0.05, 0.1) is 0 Å². The van der Waals surface area contributed by atoms with E-state index in [4.69, 9.17) is 0 Å². The monoisotopic (exact) mass is 1010 g/mol. The van der Waals surface area contributed by atoms with Crippen molar-refractivity contribution < 1.29 is 0 Å². The molecule has 374 valence electrons. The molecule has 0 spiro atoms. The molecule has 0 amide bonds. The van der Waals surface area contributed by atoms with Crippen LogP contribution in [-0.2, 0) is 14.1 Å². The van der Waals surface area contributed by atoms with E-state index in [1.807, 2.05) is 0 Å². The number of fused-ring (bicyclic) bond motifs is 18. The highest BCUT2D eigenvalue weighted by atomic mass is 14.9. The van der Waals surface area contributed by atoms with Gasteiger partial charge in [-0.05, 0) is 202 Å². The van der Waals surface area contributed by atoms with Crippen LogP contribution < -0.4 is 0 Å². The maximum atomic E-state index is 2.39. The fourth-order valence-electron chi connectivity index (χ4n) is 13.2. The first-order valence-electron chi connectivity index (χ1n) is 27.6. The average Bonchev–Trinajstić information content (AvgIpc) is 4.04. The molecule has 0 fully saturated rings. The van der Waals surface area contributed by atoms with E-state index in [-0.39, 0.29) is 0 Å². The van der Waals surface area contributed by atoms with Gasteiger partial charge in [0.15, 0.2) is 0 Å². The third-order valence-corrected chi connectivity index (χ3v) is 17.1. The molecule has 0 bridgehead atoms. The predicted molar refractivity (Wildman–Crippen MR) is 342 cm³/mol. The Kier molecular flexibility index (Phi) is 10.7. The van der Waals surface area contributed by atoms with E-state index < -0.39 is 0 Å². The fraction of sp³-hybridized carbons (Fsp3) is 0.0649. The molecular weight excluding hydrogens is 953 g/mol. The van der Waals surface area contributed by atoms with Gasteiger partial charge in [0, 0.05) is 57.7 Å². The zero-order chi connectivity index (χ0) is 53.0. The molecule has 16 rings (SSSR count). The van der Waals surface area contributed by atoms with E-state index in [1.54, 1.807) is 0 Å². The zero-order valence-electron chi connectivity index (χ0n) is 45.1. The molecular formula is C77H56N2. The standard InChI is InChI=1S/C39H29N.C38H27N/c1-24-12-17-38-37(20-24)35-16-14-27(23-39(35)40(38)3)29-19-25(2)18-28(21-29)26-13-15-34-32-10-5-4-8-30(32)31-9-6-7-11-33(31)36(34)22-26;1-24-14-18-37-35(20-24)36-23-28(16-19-38(36)39(37)2)26-9-7-8-25(21-26)27-15-17-33-31-12-4-3-10-29(31)30-11-5-6-13-32(30)34(33)22-27/h4-23H,1-3H3;3-23H,1-2H3. The van der Waals surface area contributed by atoms with Crippen molar-refractivity contribution in [1.29, 1.82) is 0 Å².